The number of carbonyl (C=O) groups is 1. The highest BCUT2D eigenvalue weighted by Gasteiger charge is 2.18. The highest BCUT2D eigenvalue weighted by Crippen LogP contribution is 2.31. The average Bonchev–Trinajstić information content (AvgIpc) is 3.01. The van der Waals surface area contributed by atoms with Gasteiger partial charge in [0.25, 0.3) is 5.91 Å². The third kappa shape index (κ3) is 4.57. The number of hydrogen-bond acceptors (Lipinski definition) is 3. The van der Waals surface area contributed by atoms with Crippen LogP contribution in [0.15, 0.2) is 66.2 Å². The summed E-state index contributed by atoms with van der Waals surface area (Å²) in [6.45, 7) is 4.52. The van der Waals surface area contributed by atoms with E-state index in [4.69, 9.17) is 15.9 Å². The number of fused-ring (bicyclic) bond motifs is 1. The molecule has 5 heteroatoms. The van der Waals surface area contributed by atoms with Gasteiger partial charge in [-0.2, -0.15) is 0 Å². The van der Waals surface area contributed by atoms with Crippen molar-refractivity contribution >= 4 is 23.5 Å². The SMILES string of the molecule is CCc1ccc(NC(=O)C2=Cc3cc(-c4ccc(C)cc4)ccc3OCC2)c(C(=N)N)c1. The van der Waals surface area contributed by atoms with E-state index in [1.807, 2.05) is 43.3 Å². The largest absolute Gasteiger partial charge is 0.493 e. The molecule has 1 aliphatic heterocycles. The van der Waals surface area contributed by atoms with Gasteiger partial charge in [0.05, 0.1) is 12.3 Å². The number of ether oxygens (including phenoxy) is 1. The summed E-state index contributed by atoms with van der Waals surface area (Å²) in [5, 5.41) is 10.8. The fourth-order valence-corrected chi connectivity index (χ4v) is 3.77. The van der Waals surface area contributed by atoms with Gasteiger partial charge in [0.1, 0.15) is 11.6 Å². The summed E-state index contributed by atoms with van der Waals surface area (Å²) in [5.74, 6) is 0.483. The van der Waals surface area contributed by atoms with Gasteiger partial charge in [0.15, 0.2) is 0 Å². The van der Waals surface area contributed by atoms with Gasteiger partial charge in [-0.05, 0) is 60.4 Å². The Morgan fingerprint density at radius 2 is 1.81 bits per heavy atom. The van der Waals surface area contributed by atoms with E-state index >= 15 is 0 Å². The van der Waals surface area contributed by atoms with Crippen LogP contribution in [0.4, 0.5) is 5.69 Å². The second kappa shape index (κ2) is 9.10. The maximum absolute atomic E-state index is 13.1. The van der Waals surface area contributed by atoms with Gasteiger partial charge in [-0.15, -0.1) is 0 Å². The van der Waals surface area contributed by atoms with Crippen molar-refractivity contribution in [1.29, 1.82) is 5.41 Å². The van der Waals surface area contributed by atoms with Crippen LogP contribution in [0.1, 0.15) is 35.6 Å². The quantitative estimate of drug-likeness (QED) is 0.382. The zero-order valence-corrected chi connectivity index (χ0v) is 18.4. The lowest BCUT2D eigenvalue weighted by Crippen LogP contribution is -2.20. The van der Waals surface area contributed by atoms with E-state index in [0.717, 1.165) is 34.4 Å². The van der Waals surface area contributed by atoms with Gasteiger partial charge in [0, 0.05) is 23.1 Å². The van der Waals surface area contributed by atoms with Crippen molar-refractivity contribution in [3.63, 3.8) is 0 Å². The lowest BCUT2D eigenvalue weighted by molar-refractivity contribution is -0.113. The number of anilines is 1. The van der Waals surface area contributed by atoms with Crippen LogP contribution in [-0.2, 0) is 11.2 Å². The molecule has 0 spiro atoms. The summed E-state index contributed by atoms with van der Waals surface area (Å²) in [6.07, 6.45) is 3.21. The van der Waals surface area contributed by atoms with E-state index in [9.17, 15) is 4.79 Å². The van der Waals surface area contributed by atoms with Gasteiger partial charge in [-0.3, -0.25) is 10.2 Å². The molecule has 1 aliphatic rings. The van der Waals surface area contributed by atoms with Crippen molar-refractivity contribution in [3.05, 3.63) is 88.5 Å². The predicted octanol–water partition coefficient (Wildman–Crippen LogP) is 5.31. The van der Waals surface area contributed by atoms with Crippen LogP contribution in [0.3, 0.4) is 0 Å². The molecular weight excluding hydrogens is 398 g/mol. The molecule has 162 valence electrons. The maximum atomic E-state index is 13.1. The number of nitrogens with one attached hydrogen (secondary N) is 2. The molecular formula is C27H27N3O2. The molecule has 0 atom stereocenters. The highest BCUT2D eigenvalue weighted by atomic mass is 16.5. The molecule has 0 aromatic heterocycles. The van der Waals surface area contributed by atoms with Crippen LogP contribution in [0.25, 0.3) is 17.2 Å². The molecule has 4 rings (SSSR count). The van der Waals surface area contributed by atoms with E-state index < -0.39 is 0 Å². The van der Waals surface area contributed by atoms with Gasteiger partial charge in [-0.25, -0.2) is 0 Å². The minimum Gasteiger partial charge on any atom is -0.493 e. The molecule has 1 amide bonds. The Hall–Kier alpha value is -3.86. The number of nitrogens with two attached hydrogens (primary N) is 1. The Labute approximate surface area is 188 Å². The Bertz CT molecular complexity index is 1210. The molecule has 32 heavy (non-hydrogen) atoms. The van der Waals surface area contributed by atoms with Crippen molar-refractivity contribution < 1.29 is 9.53 Å². The molecule has 0 radical (unpaired) electrons. The molecule has 3 aromatic rings. The van der Waals surface area contributed by atoms with Gasteiger partial charge in [0.2, 0.25) is 0 Å². The average molecular weight is 426 g/mol. The molecule has 0 aliphatic carbocycles. The first-order chi connectivity index (χ1) is 15.4. The van der Waals surface area contributed by atoms with E-state index in [-0.39, 0.29) is 11.7 Å². The number of hydrogen-bond donors (Lipinski definition) is 3. The standard InChI is InChI=1S/C27H27N3O2/c1-3-18-6-10-24(23(14-18)26(28)29)30-27(31)21-12-13-32-25-11-9-20(15-22(25)16-21)19-7-4-17(2)5-8-19/h4-11,14-16H,3,12-13H2,1-2H3,(H3,28,29)(H,30,31). The minimum absolute atomic E-state index is 0.0677. The topological polar surface area (TPSA) is 88.2 Å². The van der Waals surface area contributed by atoms with Gasteiger partial charge >= 0.3 is 0 Å². The summed E-state index contributed by atoms with van der Waals surface area (Å²) in [5.41, 5.74) is 12.8. The first-order valence-corrected chi connectivity index (χ1v) is 10.8. The number of carbonyl (C=O) groups excluding carboxylic acids is 1. The molecule has 0 bridgehead atoms. The fourth-order valence-electron chi connectivity index (χ4n) is 3.77. The Balaban J connectivity index is 1.64. The van der Waals surface area contributed by atoms with E-state index in [1.54, 1.807) is 0 Å². The number of amides is 1. The number of amidine groups is 1. The van der Waals surface area contributed by atoms with E-state index in [0.29, 0.717) is 29.9 Å². The molecule has 5 nitrogen and oxygen atoms in total. The van der Waals surface area contributed by atoms with E-state index in [1.165, 1.54) is 5.56 Å². The van der Waals surface area contributed by atoms with E-state index in [2.05, 4.69) is 42.6 Å². The van der Waals surface area contributed by atoms with Crippen LogP contribution in [0, 0.1) is 12.3 Å². The van der Waals surface area contributed by atoms with Crippen LogP contribution in [0.2, 0.25) is 0 Å². The molecule has 0 unspecified atom stereocenters. The smallest absolute Gasteiger partial charge is 0.251 e. The number of benzene rings is 3. The lowest BCUT2D eigenvalue weighted by atomic mass is 10.00. The Morgan fingerprint density at radius 1 is 1.06 bits per heavy atom. The van der Waals surface area contributed by atoms with Crippen molar-refractivity contribution in [2.24, 2.45) is 5.73 Å². The monoisotopic (exact) mass is 425 g/mol. The van der Waals surface area contributed by atoms with Crippen molar-refractivity contribution in [2.75, 3.05) is 11.9 Å². The van der Waals surface area contributed by atoms with Crippen molar-refractivity contribution in [2.45, 2.75) is 26.7 Å². The molecule has 1 heterocycles. The normalized spacial score (nSPS) is 12.8. The Morgan fingerprint density at radius 3 is 2.53 bits per heavy atom. The summed E-state index contributed by atoms with van der Waals surface area (Å²) >= 11 is 0. The minimum atomic E-state index is -0.214. The molecule has 0 fully saturated rings. The van der Waals surface area contributed by atoms with Crippen LogP contribution in [-0.4, -0.2) is 18.3 Å². The van der Waals surface area contributed by atoms with Crippen LogP contribution < -0.4 is 15.8 Å². The van der Waals surface area contributed by atoms with Crippen molar-refractivity contribution in [3.8, 4) is 16.9 Å². The summed E-state index contributed by atoms with van der Waals surface area (Å²) in [4.78, 5) is 13.1. The fraction of sp³-hybridized carbons (Fsp3) is 0.185. The number of rotatable bonds is 5. The van der Waals surface area contributed by atoms with Crippen LogP contribution in [0.5, 0.6) is 5.75 Å². The second-order valence-electron chi connectivity index (χ2n) is 7.99. The molecule has 0 saturated heterocycles. The third-order valence-electron chi connectivity index (χ3n) is 5.68. The highest BCUT2D eigenvalue weighted by molar-refractivity contribution is 6.11. The van der Waals surface area contributed by atoms with Gasteiger partial charge < -0.3 is 15.8 Å². The second-order valence-corrected chi connectivity index (χ2v) is 7.99. The molecule has 0 saturated carbocycles. The third-order valence-corrected chi connectivity index (χ3v) is 5.68. The summed E-state index contributed by atoms with van der Waals surface area (Å²) in [7, 11) is 0. The molecule has 3 aromatic carbocycles. The predicted molar refractivity (Wildman–Crippen MR) is 130 cm³/mol. The Kier molecular flexibility index (Phi) is 6.08. The summed E-state index contributed by atoms with van der Waals surface area (Å²) < 4.78 is 5.90. The number of aryl methyl sites for hydroxylation is 2. The lowest BCUT2D eigenvalue weighted by Gasteiger charge is -2.13. The molecule has 4 N–H and O–H groups in total. The van der Waals surface area contributed by atoms with Crippen molar-refractivity contribution in [1.82, 2.24) is 0 Å². The summed E-state index contributed by atoms with van der Waals surface area (Å²) in [6, 6.07) is 20.0. The zero-order chi connectivity index (χ0) is 22.7. The zero-order valence-electron chi connectivity index (χ0n) is 18.4. The van der Waals surface area contributed by atoms with Gasteiger partial charge in [-0.1, -0.05) is 48.9 Å². The first kappa shape index (κ1) is 21.4. The van der Waals surface area contributed by atoms with Crippen LogP contribution >= 0.6 is 0 Å². The maximum Gasteiger partial charge on any atom is 0.251 e. The number of nitrogen functional groups attached to an aromatic ring is 1. The first-order valence-electron chi connectivity index (χ1n) is 10.8.